The Hall–Kier alpha value is -3.63. The average molecular weight is 491 g/mol. The fraction of sp³-hybridized carbons (Fsp3) is 0.136. The molecule has 0 saturated heterocycles. The maximum Gasteiger partial charge on any atom is 0.263 e. The van der Waals surface area contributed by atoms with Crippen LogP contribution in [0.1, 0.15) is 11.3 Å². The molecule has 0 aliphatic carbocycles. The van der Waals surface area contributed by atoms with Crippen LogP contribution < -0.4 is 24.2 Å². The summed E-state index contributed by atoms with van der Waals surface area (Å²) in [6, 6.07) is 10.9. The average Bonchev–Trinajstić information content (AvgIpc) is 3.47. The molecule has 2 aromatic carbocycles. The van der Waals surface area contributed by atoms with Gasteiger partial charge in [-0.3, -0.25) is 9.52 Å². The first-order chi connectivity index (χ1) is 15.9. The van der Waals surface area contributed by atoms with Crippen molar-refractivity contribution in [2.24, 2.45) is 0 Å². The van der Waals surface area contributed by atoms with Crippen molar-refractivity contribution in [3.8, 4) is 17.2 Å². The van der Waals surface area contributed by atoms with Crippen molar-refractivity contribution < 1.29 is 31.8 Å². The first-order valence-electron chi connectivity index (χ1n) is 9.65. The first kappa shape index (κ1) is 22.6. The van der Waals surface area contributed by atoms with Crippen LogP contribution >= 0.6 is 11.6 Å². The number of halogens is 1. The van der Waals surface area contributed by atoms with E-state index in [1.807, 2.05) is 0 Å². The monoisotopic (exact) mass is 490 g/mol. The largest absolute Gasteiger partial charge is 0.492 e. The van der Waals surface area contributed by atoms with Crippen LogP contribution in [0.5, 0.6) is 17.2 Å². The van der Waals surface area contributed by atoms with Crippen LogP contribution in [-0.4, -0.2) is 28.2 Å². The number of hydrogen-bond acceptors (Lipinski definition) is 7. The molecule has 0 atom stereocenters. The van der Waals surface area contributed by atoms with Crippen molar-refractivity contribution in [3.63, 3.8) is 0 Å². The van der Waals surface area contributed by atoms with E-state index >= 15 is 0 Å². The Balaban J connectivity index is 1.68. The lowest BCUT2D eigenvalue weighted by molar-refractivity contribution is -0.116. The van der Waals surface area contributed by atoms with Crippen molar-refractivity contribution >= 4 is 39.3 Å². The number of sulfonamides is 1. The highest BCUT2D eigenvalue weighted by atomic mass is 35.5. The molecule has 4 rings (SSSR count). The molecule has 0 saturated carbocycles. The summed E-state index contributed by atoms with van der Waals surface area (Å²) in [4.78, 5) is 12.2. The van der Waals surface area contributed by atoms with Gasteiger partial charge in [-0.2, -0.15) is 0 Å². The molecule has 172 valence electrons. The zero-order valence-electron chi connectivity index (χ0n) is 17.3. The van der Waals surface area contributed by atoms with Crippen molar-refractivity contribution in [2.75, 3.05) is 18.6 Å². The fourth-order valence-electron chi connectivity index (χ4n) is 3.15. The van der Waals surface area contributed by atoms with E-state index in [1.54, 1.807) is 24.3 Å². The van der Waals surface area contributed by atoms with Gasteiger partial charge in [-0.05, 0) is 30.3 Å². The highest BCUT2D eigenvalue weighted by molar-refractivity contribution is 7.92. The normalized spacial score (nSPS) is 12.7. The maximum atomic E-state index is 13.0. The van der Waals surface area contributed by atoms with Gasteiger partial charge in [0.25, 0.3) is 10.0 Å². The van der Waals surface area contributed by atoms with Crippen LogP contribution in [0.15, 0.2) is 64.1 Å². The SMILES string of the molecule is COc1c(/C=C/C(=O)NCc2ccco2)c(NS(=O)(=O)c2ccccc2Cl)cc2c1OCO2. The summed E-state index contributed by atoms with van der Waals surface area (Å²) in [5.41, 5.74) is 0.386. The van der Waals surface area contributed by atoms with Gasteiger partial charge in [-0.25, -0.2) is 8.42 Å². The molecule has 0 radical (unpaired) electrons. The second-order valence-corrected chi connectivity index (χ2v) is 8.83. The number of rotatable bonds is 8. The van der Waals surface area contributed by atoms with E-state index in [4.69, 9.17) is 30.2 Å². The molecule has 0 fully saturated rings. The molecule has 1 aliphatic heterocycles. The van der Waals surface area contributed by atoms with Crippen LogP contribution in [0.4, 0.5) is 5.69 Å². The van der Waals surface area contributed by atoms with E-state index in [9.17, 15) is 13.2 Å². The molecular formula is C22H19ClN2O7S. The number of hydrogen-bond donors (Lipinski definition) is 2. The second-order valence-electron chi connectivity index (χ2n) is 6.77. The van der Waals surface area contributed by atoms with Crippen molar-refractivity contribution in [3.05, 3.63) is 71.2 Å². The summed E-state index contributed by atoms with van der Waals surface area (Å²) in [5, 5.41) is 2.74. The van der Waals surface area contributed by atoms with E-state index < -0.39 is 15.9 Å². The number of amides is 1. The summed E-state index contributed by atoms with van der Waals surface area (Å²) in [5.74, 6) is 0.963. The Labute approximate surface area is 195 Å². The standard InChI is InChI=1S/C22H19ClN2O7S/c1-29-21-15(8-9-20(26)24-12-14-5-4-10-30-14)17(11-18-22(21)32-13-31-18)25-33(27,28)19-7-3-2-6-16(19)23/h2-11,25H,12-13H2,1H3,(H,24,26)/b9-8+. The van der Waals surface area contributed by atoms with Crippen LogP contribution in [0, 0.1) is 0 Å². The minimum absolute atomic E-state index is 0.0564. The predicted octanol–water partition coefficient (Wildman–Crippen LogP) is 3.80. The number of methoxy groups -OCH3 is 1. The Morgan fingerprint density at radius 1 is 1.21 bits per heavy atom. The zero-order chi connectivity index (χ0) is 23.4. The van der Waals surface area contributed by atoms with Crippen molar-refractivity contribution in [1.82, 2.24) is 5.32 Å². The molecule has 1 aromatic heterocycles. The minimum Gasteiger partial charge on any atom is -0.492 e. The molecule has 0 bridgehead atoms. The Bertz CT molecular complexity index is 1300. The Kier molecular flexibility index (Phi) is 6.47. The number of anilines is 1. The van der Waals surface area contributed by atoms with Gasteiger partial charge < -0.3 is 23.9 Å². The molecule has 1 amide bonds. The number of benzene rings is 2. The lowest BCUT2D eigenvalue weighted by atomic mass is 10.1. The van der Waals surface area contributed by atoms with E-state index in [2.05, 4.69) is 10.0 Å². The number of fused-ring (bicyclic) bond motifs is 1. The molecule has 0 spiro atoms. The first-order valence-corrected chi connectivity index (χ1v) is 11.5. The summed E-state index contributed by atoms with van der Waals surface area (Å²) in [7, 11) is -2.67. The lowest BCUT2D eigenvalue weighted by Gasteiger charge is -2.16. The number of carbonyl (C=O) groups excluding carboxylic acids is 1. The number of nitrogens with one attached hydrogen (secondary N) is 2. The van der Waals surface area contributed by atoms with Gasteiger partial charge in [0.2, 0.25) is 18.4 Å². The van der Waals surface area contributed by atoms with Crippen molar-refractivity contribution in [1.29, 1.82) is 0 Å². The zero-order valence-corrected chi connectivity index (χ0v) is 18.9. The fourth-order valence-corrected chi connectivity index (χ4v) is 4.74. The Morgan fingerprint density at radius 2 is 2.03 bits per heavy atom. The smallest absolute Gasteiger partial charge is 0.263 e. The second kappa shape index (κ2) is 9.47. The summed E-state index contributed by atoms with van der Waals surface area (Å²) in [6.45, 7) is 0.139. The molecule has 2 heterocycles. The van der Waals surface area contributed by atoms with Gasteiger partial charge in [-0.1, -0.05) is 23.7 Å². The quantitative estimate of drug-likeness (QED) is 0.461. The van der Waals surface area contributed by atoms with E-state index in [-0.39, 0.29) is 40.3 Å². The van der Waals surface area contributed by atoms with Gasteiger partial charge in [0.15, 0.2) is 11.5 Å². The van der Waals surface area contributed by atoms with Crippen LogP contribution in [0.2, 0.25) is 5.02 Å². The topological polar surface area (TPSA) is 116 Å². The van der Waals surface area contributed by atoms with Gasteiger partial charge in [0.1, 0.15) is 10.7 Å². The molecule has 9 nitrogen and oxygen atoms in total. The summed E-state index contributed by atoms with van der Waals surface area (Å²) < 4.78 is 50.1. The van der Waals surface area contributed by atoms with E-state index in [0.29, 0.717) is 17.3 Å². The molecule has 33 heavy (non-hydrogen) atoms. The van der Waals surface area contributed by atoms with Crippen molar-refractivity contribution in [2.45, 2.75) is 11.4 Å². The molecule has 1 aliphatic rings. The molecule has 11 heteroatoms. The molecule has 3 aromatic rings. The van der Waals surface area contributed by atoms with Gasteiger partial charge in [0, 0.05) is 17.7 Å². The number of carbonyl (C=O) groups is 1. The van der Waals surface area contributed by atoms with Gasteiger partial charge in [0.05, 0.1) is 30.6 Å². The van der Waals surface area contributed by atoms with Crippen LogP contribution in [0.25, 0.3) is 6.08 Å². The highest BCUT2D eigenvalue weighted by Gasteiger charge is 2.27. The van der Waals surface area contributed by atoms with Crippen LogP contribution in [0.3, 0.4) is 0 Å². The summed E-state index contributed by atoms with van der Waals surface area (Å²) in [6.07, 6.45) is 4.17. The van der Waals surface area contributed by atoms with Gasteiger partial charge >= 0.3 is 0 Å². The summed E-state index contributed by atoms with van der Waals surface area (Å²) >= 11 is 6.08. The molecule has 2 N–H and O–H groups in total. The third-order valence-corrected chi connectivity index (χ3v) is 6.52. The maximum absolute atomic E-state index is 13.0. The minimum atomic E-state index is -4.07. The highest BCUT2D eigenvalue weighted by Crippen LogP contribution is 2.47. The third kappa shape index (κ3) is 4.91. The third-order valence-electron chi connectivity index (χ3n) is 4.65. The van der Waals surface area contributed by atoms with Crippen LogP contribution in [-0.2, 0) is 21.4 Å². The molecular weight excluding hydrogens is 472 g/mol. The van der Waals surface area contributed by atoms with E-state index in [1.165, 1.54) is 43.7 Å². The van der Waals surface area contributed by atoms with E-state index in [0.717, 1.165) is 0 Å². The Morgan fingerprint density at radius 3 is 2.76 bits per heavy atom. The lowest BCUT2D eigenvalue weighted by Crippen LogP contribution is -2.20. The number of furan rings is 1. The number of ether oxygens (including phenoxy) is 3. The van der Waals surface area contributed by atoms with Gasteiger partial charge in [-0.15, -0.1) is 0 Å². The predicted molar refractivity (Wildman–Crippen MR) is 121 cm³/mol. The molecule has 0 unspecified atom stereocenters.